The normalized spacial score (nSPS) is 16.4. The maximum Gasteiger partial charge on any atom is 0.240 e. The van der Waals surface area contributed by atoms with Crippen LogP contribution >= 0.6 is 0 Å². The molecule has 2 aromatic heterocycles. The van der Waals surface area contributed by atoms with Crippen molar-refractivity contribution in [2.45, 2.75) is 19.3 Å². The number of aromatic nitrogens is 2. The van der Waals surface area contributed by atoms with E-state index >= 15 is 0 Å². The second-order valence-corrected chi connectivity index (χ2v) is 5.49. The Kier molecular flexibility index (Phi) is 4.20. The number of aliphatic hydroxyl groups excluding tert-OH is 1. The fourth-order valence-corrected chi connectivity index (χ4v) is 3.11. The molecule has 1 fully saturated rings. The highest BCUT2D eigenvalue weighted by molar-refractivity contribution is 5.94. The molecule has 0 atom stereocenters. The molecular formula is C16H21N3O2. The number of pyridine rings is 2. The third kappa shape index (κ3) is 2.78. The van der Waals surface area contributed by atoms with Gasteiger partial charge in [-0.3, -0.25) is 4.98 Å². The average molecular weight is 287 g/mol. The van der Waals surface area contributed by atoms with E-state index < -0.39 is 0 Å². The van der Waals surface area contributed by atoms with Gasteiger partial charge in [0.2, 0.25) is 5.88 Å². The van der Waals surface area contributed by atoms with Crippen molar-refractivity contribution in [3.8, 4) is 5.88 Å². The molecule has 1 saturated heterocycles. The van der Waals surface area contributed by atoms with Crippen LogP contribution in [0.25, 0.3) is 10.9 Å². The van der Waals surface area contributed by atoms with Crippen molar-refractivity contribution in [2.24, 2.45) is 5.92 Å². The third-order valence-corrected chi connectivity index (χ3v) is 4.29. The van der Waals surface area contributed by atoms with Gasteiger partial charge in [-0.05, 0) is 37.3 Å². The molecule has 5 heteroatoms. The van der Waals surface area contributed by atoms with Gasteiger partial charge in [-0.15, -0.1) is 0 Å². The molecule has 0 aromatic carbocycles. The van der Waals surface area contributed by atoms with Crippen molar-refractivity contribution in [3.05, 3.63) is 24.5 Å². The molecule has 1 N–H and O–H groups in total. The highest BCUT2D eigenvalue weighted by atomic mass is 16.5. The Labute approximate surface area is 124 Å². The van der Waals surface area contributed by atoms with Gasteiger partial charge in [0.1, 0.15) is 5.52 Å². The molecule has 0 aliphatic carbocycles. The largest absolute Gasteiger partial charge is 0.479 e. The van der Waals surface area contributed by atoms with Crippen molar-refractivity contribution in [3.63, 3.8) is 0 Å². The third-order valence-electron chi connectivity index (χ3n) is 4.29. The molecule has 1 aliphatic heterocycles. The van der Waals surface area contributed by atoms with Gasteiger partial charge in [-0.25, -0.2) is 4.98 Å². The van der Waals surface area contributed by atoms with Gasteiger partial charge >= 0.3 is 0 Å². The zero-order valence-corrected chi connectivity index (χ0v) is 12.3. The highest BCUT2D eigenvalue weighted by Gasteiger charge is 2.21. The van der Waals surface area contributed by atoms with E-state index in [0.29, 0.717) is 18.4 Å². The maximum absolute atomic E-state index is 9.06. The molecular weight excluding hydrogens is 266 g/mol. The van der Waals surface area contributed by atoms with E-state index in [9.17, 15) is 0 Å². The van der Waals surface area contributed by atoms with E-state index in [1.54, 1.807) is 13.3 Å². The summed E-state index contributed by atoms with van der Waals surface area (Å²) < 4.78 is 5.30. The molecule has 0 unspecified atom stereocenters. The van der Waals surface area contributed by atoms with Gasteiger partial charge < -0.3 is 14.7 Å². The molecule has 21 heavy (non-hydrogen) atoms. The maximum atomic E-state index is 9.06. The minimum atomic E-state index is 0.297. The molecule has 3 heterocycles. The number of fused-ring (bicyclic) bond motifs is 1. The smallest absolute Gasteiger partial charge is 0.240 e. The Morgan fingerprint density at radius 1 is 1.24 bits per heavy atom. The van der Waals surface area contributed by atoms with E-state index in [0.717, 1.165) is 43.3 Å². The van der Waals surface area contributed by atoms with E-state index in [2.05, 4.69) is 20.9 Å². The molecule has 0 saturated carbocycles. The fraction of sp³-hybridized carbons (Fsp3) is 0.500. The summed E-state index contributed by atoms with van der Waals surface area (Å²) in [6.45, 7) is 2.34. The van der Waals surface area contributed by atoms with Crippen molar-refractivity contribution in [1.29, 1.82) is 0 Å². The molecule has 5 nitrogen and oxygen atoms in total. The summed E-state index contributed by atoms with van der Waals surface area (Å²) in [5.41, 5.74) is 2.01. The summed E-state index contributed by atoms with van der Waals surface area (Å²) in [4.78, 5) is 11.0. The lowest BCUT2D eigenvalue weighted by Gasteiger charge is -2.34. The SMILES string of the molecule is COc1nccc2c(N3CCC(CCO)CC3)ccnc12. The summed E-state index contributed by atoms with van der Waals surface area (Å²) in [5.74, 6) is 1.22. The number of rotatable bonds is 4. The first-order valence-electron chi connectivity index (χ1n) is 7.47. The second kappa shape index (κ2) is 6.26. The van der Waals surface area contributed by atoms with Crippen LogP contribution in [0.2, 0.25) is 0 Å². The average Bonchev–Trinajstić information content (AvgIpc) is 2.55. The predicted octanol–water partition coefficient (Wildman–Crippen LogP) is 2.24. The first-order valence-corrected chi connectivity index (χ1v) is 7.47. The summed E-state index contributed by atoms with van der Waals surface area (Å²) >= 11 is 0. The number of ether oxygens (including phenoxy) is 1. The number of anilines is 1. The fourth-order valence-electron chi connectivity index (χ4n) is 3.11. The molecule has 0 spiro atoms. The molecule has 0 amide bonds. The van der Waals surface area contributed by atoms with Gasteiger partial charge in [0.05, 0.1) is 7.11 Å². The number of methoxy groups -OCH3 is 1. The lowest BCUT2D eigenvalue weighted by Crippen LogP contribution is -2.34. The van der Waals surface area contributed by atoms with Gasteiger partial charge in [-0.2, -0.15) is 0 Å². The van der Waals surface area contributed by atoms with Crippen molar-refractivity contribution in [1.82, 2.24) is 9.97 Å². The molecule has 3 rings (SSSR count). The standard InChI is InChI=1S/C16H21N3O2/c1-21-16-15-13(2-7-18-16)14(3-8-17-15)19-9-4-12(5-10-19)6-11-20/h2-3,7-8,12,20H,4-6,9-11H2,1H3. The number of piperidine rings is 1. The second-order valence-electron chi connectivity index (χ2n) is 5.49. The molecule has 1 aliphatic rings. The summed E-state index contributed by atoms with van der Waals surface area (Å²) in [7, 11) is 1.62. The van der Waals surface area contributed by atoms with Crippen LogP contribution < -0.4 is 9.64 Å². The Morgan fingerprint density at radius 2 is 2.00 bits per heavy atom. The van der Waals surface area contributed by atoms with Crippen LogP contribution in [-0.2, 0) is 0 Å². The zero-order valence-electron chi connectivity index (χ0n) is 12.3. The van der Waals surface area contributed by atoms with Gasteiger partial charge in [0.15, 0.2) is 0 Å². The van der Waals surface area contributed by atoms with Crippen LogP contribution in [-0.4, -0.2) is 41.9 Å². The van der Waals surface area contributed by atoms with Gasteiger partial charge in [0, 0.05) is 43.2 Å². The predicted molar refractivity (Wildman–Crippen MR) is 82.7 cm³/mol. The zero-order chi connectivity index (χ0) is 14.7. The first kappa shape index (κ1) is 14.1. The van der Waals surface area contributed by atoms with Crippen LogP contribution in [0.5, 0.6) is 5.88 Å². The molecule has 112 valence electrons. The van der Waals surface area contributed by atoms with Crippen LogP contribution in [0.3, 0.4) is 0 Å². The number of hydrogen-bond donors (Lipinski definition) is 1. The Hall–Kier alpha value is -1.88. The summed E-state index contributed by atoms with van der Waals surface area (Å²) in [6, 6.07) is 4.06. The highest BCUT2D eigenvalue weighted by Crippen LogP contribution is 2.32. The monoisotopic (exact) mass is 287 g/mol. The number of hydrogen-bond acceptors (Lipinski definition) is 5. The first-order chi connectivity index (χ1) is 10.3. The Bertz CT molecular complexity index is 609. The molecule has 0 bridgehead atoms. The van der Waals surface area contributed by atoms with Crippen molar-refractivity contribution in [2.75, 3.05) is 31.7 Å². The lowest BCUT2D eigenvalue weighted by molar-refractivity contribution is 0.240. The van der Waals surface area contributed by atoms with Crippen LogP contribution in [0.15, 0.2) is 24.5 Å². The quantitative estimate of drug-likeness (QED) is 0.934. The van der Waals surface area contributed by atoms with Crippen molar-refractivity contribution >= 4 is 16.6 Å². The lowest BCUT2D eigenvalue weighted by atomic mass is 9.93. The Balaban J connectivity index is 1.88. The minimum Gasteiger partial charge on any atom is -0.479 e. The van der Waals surface area contributed by atoms with E-state index in [1.165, 1.54) is 5.69 Å². The van der Waals surface area contributed by atoms with E-state index in [1.807, 2.05) is 12.3 Å². The molecule has 2 aromatic rings. The minimum absolute atomic E-state index is 0.297. The Morgan fingerprint density at radius 3 is 2.71 bits per heavy atom. The van der Waals surface area contributed by atoms with E-state index in [4.69, 9.17) is 9.84 Å². The summed E-state index contributed by atoms with van der Waals surface area (Å²) in [6.07, 6.45) is 6.77. The van der Waals surface area contributed by atoms with Gasteiger partial charge in [0.25, 0.3) is 0 Å². The van der Waals surface area contributed by atoms with Gasteiger partial charge in [-0.1, -0.05) is 0 Å². The number of nitrogens with zero attached hydrogens (tertiary/aromatic N) is 3. The van der Waals surface area contributed by atoms with Crippen molar-refractivity contribution < 1.29 is 9.84 Å². The van der Waals surface area contributed by atoms with Crippen LogP contribution in [0.1, 0.15) is 19.3 Å². The topological polar surface area (TPSA) is 58.5 Å². The molecule has 0 radical (unpaired) electrons. The van der Waals surface area contributed by atoms with Crippen LogP contribution in [0.4, 0.5) is 5.69 Å². The van der Waals surface area contributed by atoms with E-state index in [-0.39, 0.29) is 0 Å². The summed E-state index contributed by atoms with van der Waals surface area (Å²) in [5, 5.41) is 10.1. The number of aliphatic hydroxyl groups is 1. The van der Waals surface area contributed by atoms with Crippen LogP contribution in [0, 0.1) is 5.92 Å².